The van der Waals surface area contributed by atoms with Crippen LogP contribution in [-0.2, 0) is 4.79 Å². The lowest BCUT2D eigenvalue weighted by atomic mass is 9.94. The smallest absolute Gasteiger partial charge is 0.236 e. The largest absolute Gasteiger partial charge is 0.454 e. The van der Waals surface area contributed by atoms with E-state index in [1.165, 1.54) is 11.1 Å². The van der Waals surface area contributed by atoms with Crippen LogP contribution in [0.5, 0.6) is 11.5 Å². The maximum absolute atomic E-state index is 13.5. The van der Waals surface area contributed by atoms with Gasteiger partial charge in [0.25, 0.3) is 0 Å². The van der Waals surface area contributed by atoms with Crippen LogP contribution in [0.25, 0.3) is 0 Å². The molecule has 1 aromatic carbocycles. The fraction of sp³-hybridized carbons (Fsp3) is 0.633. The van der Waals surface area contributed by atoms with Crippen molar-refractivity contribution in [1.82, 2.24) is 14.7 Å². The first kappa shape index (κ1) is 28.3. The number of benzene rings is 1. The lowest BCUT2D eigenvalue weighted by molar-refractivity contribution is -0.132. The highest BCUT2D eigenvalue weighted by Gasteiger charge is 2.35. The molecule has 0 N–H and O–H groups in total. The SMILES string of the molecule is C/C=C\C=C(/C)CCC1CC(c2ccc3c(c2)OCO3)CN1CC(=O)N(CCCC)CCCN(C)C. The standard InChI is InChI=1S/C30H47N3O3/c1-6-8-11-24(3)12-14-27-19-26(25-13-15-28-29(20-25)36-23-35-28)21-33(27)22-30(34)32(17-9-7-2)18-10-16-31(4)5/h6,8,11,13,15,20,26-27H,7,9-10,12,14,16-19,21-23H2,1-5H3/b8-6-,24-11+. The zero-order valence-corrected chi connectivity index (χ0v) is 23.2. The number of amides is 1. The Morgan fingerprint density at radius 1 is 1.14 bits per heavy atom. The van der Waals surface area contributed by atoms with E-state index in [2.05, 4.69) is 73.0 Å². The number of allylic oxidation sites excluding steroid dienone is 4. The van der Waals surface area contributed by atoms with E-state index in [-0.39, 0.29) is 5.91 Å². The van der Waals surface area contributed by atoms with Crippen LogP contribution in [0.2, 0.25) is 0 Å². The number of unbranched alkanes of at least 4 members (excludes halogenated alkanes) is 1. The Balaban J connectivity index is 1.70. The average Bonchev–Trinajstić information content (AvgIpc) is 3.49. The molecule has 2 aliphatic heterocycles. The molecule has 1 saturated heterocycles. The van der Waals surface area contributed by atoms with Gasteiger partial charge in [0.15, 0.2) is 11.5 Å². The van der Waals surface area contributed by atoms with Crippen molar-refractivity contribution in [3.05, 3.63) is 47.6 Å². The second kappa shape index (κ2) is 14.4. The number of hydrogen-bond donors (Lipinski definition) is 0. The van der Waals surface area contributed by atoms with Gasteiger partial charge in [0.2, 0.25) is 12.7 Å². The molecule has 0 saturated carbocycles. The van der Waals surface area contributed by atoms with E-state index < -0.39 is 0 Å². The van der Waals surface area contributed by atoms with E-state index in [1.54, 1.807) is 0 Å². The van der Waals surface area contributed by atoms with Crippen LogP contribution < -0.4 is 9.47 Å². The fourth-order valence-corrected chi connectivity index (χ4v) is 5.19. The molecule has 6 heteroatoms. The first-order chi connectivity index (χ1) is 17.4. The molecular weight excluding hydrogens is 450 g/mol. The number of likely N-dealkylation sites (tertiary alicyclic amines) is 1. The number of nitrogens with zero attached hydrogens (tertiary/aromatic N) is 3. The maximum atomic E-state index is 13.5. The highest BCUT2D eigenvalue weighted by atomic mass is 16.7. The molecule has 2 unspecified atom stereocenters. The van der Waals surface area contributed by atoms with E-state index >= 15 is 0 Å². The molecule has 6 nitrogen and oxygen atoms in total. The van der Waals surface area contributed by atoms with Crippen LogP contribution >= 0.6 is 0 Å². The second-order valence-corrected chi connectivity index (χ2v) is 10.6. The zero-order valence-electron chi connectivity index (χ0n) is 23.2. The maximum Gasteiger partial charge on any atom is 0.236 e. The molecule has 200 valence electrons. The molecular formula is C30H47N3O3. The molecule has 2 heterocycles. The summed E-state index contributed by atoms with van der Waals surface area (Å²) in [6.45, 7) is 10.9. The summed E-state index contributed by atoms with van der Waals surface area (Å²) in [5, 5.41) is 0. The molecule has 1 fully saturated rings. The molecule has 2 atom stereocenters. The lowest BCUT2D eigenvalue weighted by Gasteiger charge is -2.29. The molecule has 2 aliphatic rings. The van der Waals surface area contributed by atoms with Crippen molar-refractivity contribution >= 4 is 5.91 Å². The third-order valence-electron chi connectivity index (χ3n) is 7.35. The molecule has 0 bridgehead atoms. The number of carbonyl (C=O) groups excluding carboxylic acids is 1. The van der Waals surface area contributed by atoms with Crippen LogP contribution in [0.4, 0.5) is 0 Å². The van der Waals surface area contributed by atoms with Crippen LogP contribution in [0.3, 0.4) is 0 Å². The van der Waals surface area contributed by atoms with Crippen molar-refractivity contribution in [2.45, 2.75) is 71.3 Å². The molecule has 0 aliphatic carbocycles. The monoisotopic (exact) mass is 497 g/mol. The van der Waals surface area contributed by atoms with Crippen molar-refractivity contribution in [2.24, 2.45) is 0 Å². The number of hydrogen-bond acceptors (Lipinski definition) is 5. The predicted octanol–water partition coefficient (Wildman–Crippen LogP) is 5.46. The Morgan fingerprint density at radius 2 is 1.92 bits per heavy atom. The summed E-state index contributed by atoms with van der Waals surface area (Å²) in [5.41, 5.74) is 2.67. The molecule has 0 radical (unpaired) electrons. The van der Waals surface area contributed by atoms with Crippen molar-refractivity contribution in [3.8, 4) is 11.5 Å². The van der Waals surface area contributed by atoms with E-state index in [9.17, 15) is 4.79 Å². The summed E-state index contributed by atoms with van der Waals surface area (Å²) in [5.74, 6) is 2.35. The van der Waals surface area contributed by atoms with E-state index in [0.717, 1.165) is 76.2 Å². The van der Waals surface area contributed by atoms with Gasteiger partial charge < -0.3 is 19.3 Å². The summed E-state index contributed by atoms with van der Waals surface area (Å²) >= 11 is 0. The van der Waals surface area contributed by atoms with Gasteiger partial charge >= 0.3 is 0 Å². The minimum Gasteiger partial charge on any atom is -0.454 e. The van der Waals surface area contributed by atoms with Crippen LogP contribution in [0, 0.1) is 0 Å². The lowest BCUT2D eigenvalue weighted by Crippen LogP contribution is -2.43. The summed E-state index contributed by atoms with van der Waals surface area (Å²) < 4.78 is 11.2. The van der Waals surface area contributed by atoms with E-state index in [1.807, 2.05) is 13.0 Å². The van der Waals surface area contributed by atoms with E-state index in [0.29, 0.717) is 25.3 Å². The normalized spacial score (nSPS) is 20.1. The number of ether oxygens (including phenoxy) is 2. The van der Waals surface area contributed by atoms with Crippen molar-refractivity contribution < 1.29 is 14.3 Å². The molecule has 1 aromatic rings. The highest BCUT2D eigenvalue weighted by Crippen LogP contribution is 2.39. The van der Waals surface area contributed by atoms with Gasteiger partial charge in [0, 0.05) is 25.7 Å². The molecule has 3 rings (SSSR count). The predicted molar refractivity (Wildman–Crippen MR) is 148 cm³/mol. The number of carbonyl (C=O) groups is 1. The first-order valence-electron chi connectivity index (χ1n) is 13.8. The van der Waals surface area contributed by atoms with Crippen molar-refractivity contribution in [3.63, 3.8) is 0 Å². The average molecular weight is 498 g/mol. The van der Waals surface area contributed by atoms with E-state index in [4.69, 9.17) is 9.47 Å². The van der Waals surface area contributed by atoms with Crippen LogP contribution in [-0.4, -0.2) is 80.3 Å². The fourth-order valence-electron chi connectivity index (χ4n) is 5.19. The zero-order chi connectivity index (χ0) is 25.9. The topological polar surface area (TPSA) is 45.3 Å². The highest BCUT2D eigenvalue weighted by molar-refractivity contribution is 5.78. The minimum absolute atomic E-state index is 0.278. The van der Waals surface area contributed by atoms with Gasteiger partial charge in [-0.25, -0.2) is 0 Å². The third-order valence-corrected chi connectivity index (χ3v) is 7.35. The Morgan fingerprint density at radius 3 is 2.67 bits per heavy atom. The van der Waals surface area contributed by atoms with Gasteiger partial charge in [0.05, 0.1) is 6.54 Å². The van der Waals surface area contributed by atoms with Gasteiger partial charge in [-0.1, -0.05) is 43.2 Å². The summed E-state index contributed by atoms with van der Waals surface area (Å²) in [6, 6.07) is 6.74. The van der Waals surface area contributed by atoms with Gasteiger partial charge in [-0.3, -0.25) is 9.69 Å². The molecule has 36 heavy (non-hydrogen) atoms. The van der Waals surface area contributed by atoms with Gasteiger partial charge in [-0.15, -0.1) is 0 Å². The summed E-state index contributed by atoms with van der Waals surface area (Å²) in [7, 11) is 4.19. The Bertz CT molecular complexity index is 895. The Kier molecular flexibility index (Phi) is 11.3. The van der Waals surface area contributed by atoms with Crippen LogP contribution in [0.15, 0.2) is 42.0 Å². The van der Waals surface area contributed by atoms with Gasteiger partial charge in [0.1, 0.15) is 0 Å². The Labute approximate surface area is 218 Å². The summed E-state index contributed by atoms with van der Waals surface area (Å²) in [6.07, 6.45) is 12.8. The summed E-state index contributed by atoms with van der Waals surface area (Å²) in [4.78, 5) is 20.3. The van der Waals surface area contributed by atoms with Gasteiger partial charge in [-0.05, 0) is 90.2 Å². The molecule has 0 aromatic heterocycles. The quantitative estimate of drug-likeness (QED) is 0.320. The minimum atomic E-state index is 0.278. The van der Waals surface area contributed by atoms with Crippen molar-refractivity contribution in [2.75, 3.05) is 53.6 Å². The number of rotatable bonds is 14. The second-order valence-electron chi connectivity index (χ2n) is 10.6. The van der Waals surface area contributed by atoms with Crippen molar-refractivity contribution in [1.29, 1.82) is 0 Å². The van der Waals surface area contributed by atoms with Gasteiger partial charge in [-0.2, -0.15) is 0 Å². The Hall–Kier alpha value is -2.31. The molecule has 1 amide bonds. The van der Waals surface area contributed by atoms with Crippen LogP contribution in [0.1, 0.15) is 70.8 Å². The molecule has 0 spiro atoms. The first-order valence-corrected chi connectivity index (χ1v) is 13.8. The third kappa shape index (κ3) is 8.38. The number of fused-ring (bicyclic) bond motifs is 1.